The van der Waals surface area contributed by atoms with Gasteiger partial charge in [0.1, 0.15) is 6.10 Å². The molecule has 0 amide bonds. The van der Waals surface area contributed by atoms with Crippen LogP contribution in [0.3, 0.4) is 0 Å². The fraction of sp³-hybridized carbons (Fsp3) is 0.550. The molecular formula is C20H26N4O2. The van der Waals surface area contributed by atoms with Crippen molar-refractivity contribution in [1.29, 1.82) is 0 Å². The standard InChI is InChI=1S/C20H26N4O2/c1-15-17(22-11-10-21-15)14-24-12-8-20(25-2)7-6-16(13-18(20)24)26-19-5-3-4-9-23-19/h3-5,9-11,16,18H,6-8,12-14H2,1-2H3/t16-,18-,20+/m0/s1. The zero-order valence-electron chi connectivity index (χ0n) is 15.5. The third-order valence-electron chi connectivity index (χ3n) is 5.91. The van der Waals surface area contributed by atoms with Gasteiger partial charge in [-0.3, -0.25) is 14.9 Å². The van der Waals surface area contributed by atoms with Crippen LogP contribution >= 0.6 is 0 Å². The summed E-state index contributed by atoms with van der Waals surface area (Å²) in [6.07, 6.45) is 9.49. The fourth-order valence-corrected chi connectivity index (χ4v) is 4.42. The molecule has 2 aromatic heterocycles. The quantitative estimate of drug-likeness (QED) is 0.823. The summed E-state index contributed by atoms with van der Waals surface area (Å²) in [7, 11) is 1.85. The van der Waals surface area contributed by atoms with Crippen molar-refractivity contribution in [3.63, 3.8) is 0 Å². The predicted molar refractivity (Wildman–Crippen MR) is 97.8 cm³/mol. The second-order valence-electron chi connectivity index (χ2n) is 7.28. The van der Waals surface area contributed by atoms with Gasteiger partial charge in [-0.05, 0) is 32.3 Å². The summed E-state index contributed by atoms with van der Waals surface area (Å²) in [5.74, 6) is 0.705. The van der Waals surface area contributed by atoms with Crippen molar-refractivity contribution in [2.75, 3.05) is 13.7 Å². The first-order chi connectivity index (χ1) is 12.7. The molecule has 0 aromatic carbocycles. The van der Waals surface area contributed by atoms with E-state index in [-0.39, 0.29) is 11.7 Å². The van der Waals surface area contributed by atoms with Crippen LogP contribution < -0.4 is 4.74 Å². The van der Waals surface area contributed by atoms with Gasteiger partial charge < -0.3 is 9.47 Å². The van der Waals surface area contributed by atoms with Crippen molar-refractivity contribution in [3.05, 3.63) is 48.2 Å². The second-order valence-corrected chi connectivity index (χ2v) is 7.28. The van der Waals surface area contributed by atoms with Crippen molar-refractivity contribution in [3.8, 4) is 5.88 Å². The van der Waals surface area contributed by atoms with E-state index in [4.69, 9.17) is 9.47 Å². The van der Waals surface area contributed by atoms with Gasteiger partial charge in [0, 0.05) is 57.3 Å². The molecule has 2 aromatic rings. The largest absolute Gasteiger partial charge is 0.474 e. The molecule has 6 nitrogen and oxygen atoms in total. The Morgan fingerprint density at radius 1 is 1.15 bits per heavy atom. The number of aromatic nitrogens is 3. The molecule has 138 valence electrons. The van der Waals surface area contributed by atoms with Gasteiger partial charge >= 0.3 is 0 Å². The first-order valence-corrected chi connectivity index (χ1v) is 9.33. The van der Waals surface area contributed by atoms with Gasteiger partial charge in [-0.2, -0.15) is 0 Å². The Kier molecular flexibility index (Phi) is 4.87. The van der Waals surface area contributed by atoms with Crippen LogP contribution in [-0.2, 0) is 11.3 Å². The van der Waals surface area contributed by atoms with Crippen LogP contribution in [-0.4, -0.2) is 51.3 Å². The average Bonchev–Trinajstić information content (AvgIpc) is 3.03. The number of ether oxygens (including phenoxy) is 2. The summed E-state index contributed by atoms with van der Waals surface area (Å²) in [6, 6.07) is 6.12. The molecule has 4 rings (SSSR count). The number of hydrogen-bond donors (Lipinski definition) is 0. The van der Waals surface area contributed by atoms with Gasteiger partial charge in [-0.25, -0.2) is 4.98 Å². The van der Waals surface area contributed by atoms with Crippen LogP contribution in [0.25, 0.3) is 0 Å². The topological polar surface area (TPSA) is 60.4 Å². The maximum Gasteiger partial charge on any atom is 0.213 e. The molecule has 0 unspecified atom stereocenters. The zero-order chi connectivity index (χ0) is 18.0. The summed E-state index contributed by atoms with van der Waals surface area (Å²) >= 11 is 0. The number of aryl methyl sites for hydroxylation is 1. The van der Waals surface area contributed by atoms with Crippen molar-refractivity contribution in [2.24, 2.45) is 0 Å². The highest BCUT2D eigenvalue weighted by Crippen LogP contribution is 2.43. The number of likely N-dealkylation sites (tertiary alicyclic amines) is 1. The molecule has 0 N–H and O–H groups in total. The van der Waals surface area contributed by atoms with Gasteiger partial charge in [-0.1, -0.05) is 6.07 Å². The Labute approximate surface area is 154 Å². The summed E-state index contributed by atoms with van der Waals surface area (Å²) in [5.41, 5.74) is 1.98. The third kappa shape index (κ3) is 3.31. The van der Waals surface area contributed by atoms with Crippen molar-refractivity contribution in [1.82, 2.24) is 19.9 Å². The number of nitrogens with zero attached hydrogens (tertiary/aromatic N) is 4. The highest BCUT2D eigenvalue weighted by Gasteiger charge is 2.51. The van der Waals surface area contributed by atoms with E-state index >= 15 is 0 Å². The molecule has 2 aliphatic rings. The summed E-state index contributed by atoms with van der Waals surface area (Å²) in [6.45, 7) is 3.85. The van der Waals surface area contributed by atoms with Gasteiger partial charge in [0.15, 0.2) is 0 Å². The molecule has 1 saturated carbocycles. The van der Waals surface area contributed by atoms with E-state index in [0.29, 0.717) is 11.9 Å². The van der Waals surface area contributed by atoms with Crippen LogP contribution in [0.5, 0.6) is 5.88 Å². The van der Waals surface area contributed by atoms with Crippen LogP contribution in [0.15, 0.2) is 36.8 Å². The van der Waals surface area contributed by atoms with E-state index in [1.807, 2.05) is 32.2 Å². The number of rotatable bonds is 5. The second kappa shape index (κ2) is 7.29. The SMILES string of the molecule is CO[C@@]12CC[C@H](Oc3ccccn3)C[C@@H]1N(Cc1nccnc1C)CC2. The molecule has 1 saturated heterocycles. The van der Waals surface area contributed by atoms with Crippen LogP contribution in [0.1, 0.15) is 37.1 Å². The molecule has 3 heterocycles. The fourth-order valence-electron chi connectivity index (χ4n) is 4.42. The minimum atomic E-state index is -0.0694. The van der Waals surface area contributed by atoms with Crippen LogP contribution in [0.4, 0.5) is 0 Å². The number of fused-ring (bicyclic) bond motifs is 1. The normalized spacial score (nSPS) is 28.7. The molecule has 3 atom stereocenters. The molecule has 6 heteroatoms. The van der Waals surface area contributed by atoms with Gasteiger partial charge in [0.25, 0.3) is 0 Å². The molecule has 1 aliphatic carbocycles. The Hall–Kier alpha value is -2.05. The van der Waals surface area contributed by atoms with E-state index in [1.165, 1.54) is 0 Å². The first kappa shape index (κ1) is 17.4. The van der Waals surface area contributed by atoms with Crippen molar-refractivity contribution >= 4 is 0 Å². The lowest BCUT2D eigenvalue weighted by Crippen LogP contribution is -2.52. The lowest BCUT2D eigenvalue weighted by Gasteiger charge is -2.43. The Bertz CT molecular complexity index is 742. The monoisotopic (exact) mass is 354 g/mol. The smallest absolute Gasteiger partial charge is 0.213 e. The van der Waals surface area contributed by atoms with Gasteiger partial charge in [0.2, 0.25) is 5.88 Å². The van der Waals surface area contributed by atoms with E-state index in [0.717, 1.165) is 50.2 Å². The van der Waals surface area contributed by atoms with Crippen molar-refractivity contribution < 1.29 is 9.47 Å². The molecule has 26 heavy (non-hydrogen) atoms. The summed E-state index contributed by atoms with van der Waals surface area (Å²) in [4.78, 5) is 15.7. The predicted octanol–water partition coefficient (Wildman–Crippen LogP) is 2.77. The average molecular weight is 354 g/mol. The van der Waals surface area contributed by atoms with Crippen molar-refractivity contribution in [2.45, 2.75) is 56.9 Å². The molecular weight excluding hydrogens is 328 g/mol. The highest BCUT2D eigenvalue weighted by atomic mass is 16.5. The number of hydrogen-bond acceptors (Lipinski definition) is 6. The minimum Gasteiger partial charge on any atom is -0.474 e. The first-order valence-electron chi connectivity index (χ1n) is 9.33. The lowest BCUT2D eigenvalue weighted by atomic mass is 9.79. The molecule has 0 radical (unpaired) electrons. The lowest BCUT2D eigenvalue weighted by molar-refractivity contribution is -0.0844. The Balaban J connectivity index is 1.50. The Morgan fingerprint density at radius 3 is 2.81 bits per heavy atom. The van der Waals surface area contributed by atoms with E-state index < -0.39 is 0 Å². The summed E-state index contributed by atoms with van der Waals surface area (Å²) < 4.78 is 12.2. The highest BCUT2D eigenvalue weighted by molar-refractivity contribution is 5.14. The molecule has 0 bridgehead atoms. The van der Waals surface area contributed by atoms with Crippen LogP contribution in [0, 0.1) is 6.92 Å². The Morgan fingerprint density at radius 2 is 2.04 bits per heavy atom. The van der Waals surface area contributed by atoms with Gasteiger partial charge in [-0.15, -0.1) is 0 Å². The van der Waals surface area contributed by atoms with E-state index in [2.05, 4.69) is 19.9 Å². The minimum absolute atomic E-state index is 0.0694. The zero-order valence-corrected chi connectivity index (χ0v) is 15.5. The number of methoxy groups -OCH3 is 1. The third-order valence-corrected chi connectivity index (χ3v) is 5.91. The van der Waals surface area contributed by atoms with Crippen LogP contribution in [0.2, 0.25) is 0 Å². The van der Waals surface area contributed by atoms with E-state index in [9.17, 15) is 0 Å². The summed E-state index contributed by atoms with van der Waals surface area (Å²) in [5, 5.41) is 0. The number of pyridine rings is 1. The molecule has 0 spiro atoms. The molecule has 1 aliphatic heterocycles. The maximum atomic E-state index is 6.15. The van der Waals surface area contributed by atoms with E-state index in [1.54, 1.807) is 18.6 Å². The molecule has 2 fully saturated rings. The maximum absolute atomic E-state index is 6.15. The van der Waals surface area contributed by atoms with Gasteiger partial charge in [0.05, 0.1) is 17.0 Å².